The molecule has 6 nitrogen and oxygen atoms in total. The number of carbonyl (C=O) groups excluding carboxylic acids is 1. The summed E-state index contributed by atoms with van der Waals surface area (Å²) in [7, 11) is 0. The van der Waals surface area contributed by atoms with Gasteiger partial charge in [-0.2, -0.15) is 0 Å². The Morgan fingerprint density at radius 1 is 1.15 bits per heavy atom. The summed E-state index contributed by atoms with van der Waals surface area (Å²) in [4.78, 5) is 14.4. The average Bonchev–Trinajstić information content (AvgIpc) is 3.24. The van der Waals surface area contributed by atoms with Crippen LogP contribution in [-0.2, 0) is 11.2 Å². The van der Waals surface area contributed by atoms with Gasteiger partial charge in [-0.25, -0.2) is 9.07 Å². The highest BCUT2D eigenvalue weighted by Crippen LogP contribution is 2.29. The Morgan fingerprint density at radius 3 is 2.73 bits per heavy atom. The fraction of sp³-hybridized carbons (Fsp3) is 0.167. The van der Waals surface area contributed by atoms with E-state index >= 15 is 0 Å². The van der Waals surface area contributed by atoms with E-state index in [1.807, 2.05) is 24.3 Å². The fourth-order valence-corrected chi connectivity index (χ4v) is 3.71. The van der Waals surface area contributed by atoms with Gasteiger partial charge in [-0.05, 0) is 42.3 Å². The van der Waals surface area contributed by atoms with Crippen LogP contribution in [0.1, 0.15) is 5.56 Å². The molecule has 2 aromatic carbocycles. The molecule has 1 amide bonds. The molecule has 4 rings (SSSR count). The Balaban J connectivity index is 1.46. The second-order valence-corrected chi connectivity index (χ2v) is 6.84. The predicted octanol–water partition coefficient (Wildman–Crippen LogP) is 2.48. The summed E-state index contributed by atoms with van der Waals surface area (Å²) in [6.07, 6.45) is 0.869. The highest BCUT2D eigenvalue weighted by Gasteiger charge is 2.24. The third kappa shape index (κ3) is 3.03. The molecule has 3 aromatic rings. The van der Waals surface area contributed by atoms with E-state index in [0.717, 1.165) is 12.1 Å². The molecule has 0 bridgehead atoms. The number of benzene rings is 2. The van der Waals surface area contributed by atoms with Crippen LogP contribution in [0, 0.1) is 5.82 Å². The van der Waals surface area contributed by atoms with Gasteiger partial charge < -0.3 is 10.7 Å². The van der Waals surface area contributed by atoms with Crippen LogP contribution in [0.4, 0.5) is 10.1 Å². The zero-order chi connectivity index (χ0) is 18.1. The van der Waals surface area contributed by atoms with E-state index in [1.165, 1.54) is 34.1 Å². The fourth-order valence-electron chi connectivity index (χ4n) is 2.97. The molecule has 0 radical (unpaired) electrons. The lowest BCUT2D eigenvalue weighted by Crippen LogP contribution is -2.30. The number of carbonyl (C=O) groups is 1. The maximum atomic E-state index is 13.1. The van der Waals surface area contributed by atoms with Gasteiger partial charge in [-0.1, -0.05) is 30.0 Å². The largest absolute Gasteiger partial charge is 0.335 e. The third-order valence-corrected chi connectivity index (χ3v) is 5.21. The molecule has 1 aliphatic rings. The van der Waals surface area contributed by atoms with Gasteiger partial charge in [0.2, 0.25) is 11.1 Å². The monoisotopic (exact) mass is 369 g/mol. The first kappa shape index (κ1) is 16.6. The molecule has 1 aromatic heterocycles. The molecule has 0 fully saturated rings. The predicted molar refractivity (Wildman–Crippen MR) is 98.8 cm³/mol. The molecule has 2 heterocycles. The number of amides is 1. The normalized spacial score (nSPS) is 13.0. The lowest BCUT2D eigenvalue weighted by atomic mass is 10.2. The van der Waals surface area contributed by atoms with Crippen LogP contribution in [0.2, 0.25) is 0 Å². The molecule has 0 atom stereocenters. The Morgan fingerprint density at radius 2 is 1.92 bits per heavy atom. The first-order valence-corrected chi connectivity index (χ1v) is 9.09. The van der Waals surface area contributed by atoms with Crippen molar-refractivity contribution in [2.45, 2.75) is 11.6 Å². The molecular weight excluding hydrogens is 353 g/mol. The Labute approximate surface area is 153 Å². The van der Waals surface area contributed by atoms with Gasteiger partial charge in [0.05, 0.1) is 5.75 Å². The SMILES string of the molecule is Nn1c(SCC(=O)N2CCc3ccccc32)nnc1-c1ccc(F)cc1. The topological polar surface area (TPSA) is 77.0 Å². The molecule has 8 heteroatoms. The Hall–Kier alpha value is -2.87. The zero-order valence-corrected chi connectivity index (χ0v) is 14.6. The van der Waals surface area contributed by atoms with Gasteiger partial charge in [0.1, 0.15) is 5.82 Å². The number of halogens is 1. The molecule has 132 valence electrons. The van der Waals surface area contributed by atoms with E-state index in [4.69, 9.17) is 5.84 Å². The summed E-state index contributed by atoms with van der Waals surface area (Å²) in [5, 5.41) is 8.53. The van der Waals surface area contributed by atoms with Gasteiger partial charge in [-0.15, -0.1) is 10.2 Å². The average molecular weight is 369 g/mol. The van der Waals surface area contributed by atoms with E-state index in [2.05, 4.69) is 10.2 Å². The minimum Gasteiger partial charge on any atom is -0.335 e. The highest BCUT2D eigenvalue weighted by atomic mass is 32.2. The van der Waals surface area contributed by atoms with Crippen LogP contribution in [0.3, 0.4) is 0 Å². The van der Waals surface area contributed by atoms with Crippen molar-refractivity contribution in [3.63, 3.8) is 0 Å². The number of para-hydroxylation sites is 1. The number of nitrogen functional groups attached to an aromatic ring is 1. The van der Waals surface area contributed by atoms with Crippen LogP contribution in [0.5, 0.6) is 0 Å². The minimum atomic E-state index is -0.331. The molecule has 2 N–H and O–H groups in total. The van der Waals surface area contributed by atoms with E-state index in [1.54, 1.807) is 17.0 Å². The van der Waals surface area contributed by atoms with Crippen LogP contribution in [0.15, 0.2) is 53.7 Å². The number of hydrogen-bond acceptors (Lipinski definition) is 5. The van der Waals surface area contributed by atoms with Crippen LogP contribution in [-0.4, -0.2) is 33.1 Å². The van der Waals surface area contributed by atoms with Crippen molar-refractivity contribution in [2.24, 2.45) is 0 Å². The first-order chi connectivity index (χ1) is 12.6. The number of anilines is 1. The number of rotatable bonds is 4. The second kappa shape index (κ2) is 6.80. The summed E-state index contributed by atoms with van der Waals surface area (Å²) >= 11 is 1.23. The number of fused-ring (bicyclic) bond motifs is 1. The lowest BCUT2D eigenvalue weighted by molar-refractivity contribution is -0.116. The van der Waals surface area contributed by atoms with E-state index in [-0.39, 0.29) is 17.5 Å². The van der Waals surface area contributed by atoms with Gasteiger partial charge in [0, 0.05) is 17.8 Å². The van der Waals surface area contributed by atoms with Crippen molar-refractivity contribution in [2.75, 3.05) is 23.0 Å². The molecule has 1 aliphatic heterocycles. The van der Waals surface area contributed by atoms with Crippen molar-refractivity contribution in [3.05, 3.63) is 59.9 Å². The standard InChI is InChI=1S/C18H16FN5OS/c19-14-7-5-13(6-8-14)17-21-22-18(24(17)20)26-11-16(25)23-10-9-12-3-1-2-4-15(12)23/h1-8H,9-11,20H2. The van der Waals surface area contributed by atoms with Crippen molar-refractivity contribution in [1.82, 2.24) is 14.9 Å². The van der Waals surface area contributed by atoms with Crippen molar-refractivity contribution in [3.8, 4) is 11.4 Å². The highest BCUT2D eigenvalue weighted by molar-refractivity contribution is 7.99. The number of aromatic nitrogens is 3. The van der Waals surface area contributed by atoms with Gasteiger partial charge in [0.25, 0.3) is 0 Å². The van der Waals surface area contributed by atoms with E-state index in [0.29, 0.717) is 23.1 Å². The number of thioether (sulfide) groups is 1. The maximum Gasteiger partial charge on any atom is 0.237 e. The minimum absolute atomic E-state index is 0.00582. The van der Waals surface area contributed by atoms with Gasteiger partial charge in [0.15, 0.2) is 5.82 Å². The molecular formula is C18H16FN5OS. The maximum absolute atomic E-state index is 13.1. The molecule has 0 spiro atoms. The summed E-state index contributed by atoms with van der Waals surface area (Å²) in [6.45, 7) is 0.689. The number of nitrogens with two attached hydrogens (primary N) is 1. The smallest absolute Gasteiger partial charge is 0.237 e. The first-order valence-electron chi connectivity index (χ1n) is 8.11. The summed E-state index contributed by atoms with van der Waals surface area (Å²) in [5.41, 5.74) is 2.82. The van der Waals surface area contributed by atoms with Crippen molar-refractivity contribution < 1.29 is 9.18 Å². The molecule has 0 unspecified atom stereocenters. The Bertz CT molecular complexity index is 956. The quantitative estimate of drug-likeness (QED) is 0.565. The van der Waals surface area contributed by atoms with Crippen LogP contribution < -0.4 is 10.7 Å². The molecule has 0 aliphatic carbocycles. The number of hydrogen-bond donors (Lipinski definition) is 1. The van der Waals surface area contributed by atoms with E-state index in [9.17, 15) is 9.18 Å². The second-order valence-electron chi connectivity index (χ2n) is 5.90. The lowest BCUT2D eigenvalue weighted by Gasteiger charge is -2.16. The zero-order valence-electron chi connectivity index (χ0n) is 13.8. The van der Waals surface area contributed by atoms with E-state index < -0.39 is 0 Å². The summed E-state index contributed by atoms with van der Waals surface area (Å²) < 4.78 is 14.4. The van der Waals surface area contributed by atoms with Crippen molar-refractivity contribution in [1.29, 1.82) is 0 Å². The van der Waals surface area contributed by atoms with Gasteiger partial charge >= 0.3 is 0 Å². The van der Waals surface area contributed by atoms with Crippen molar-refractivity contribution >= 4 is 23.4 Å². The summed E-state index contributed by atoms with van der Waals surface area (Å²) in [6, 6.07) is 13.8. The summed E-state index contributed by atoms with van der Waals surface area (Å²) in [5.74, 6) is 6.36. The molecule has 0 saturated carbocycles. The van der Waals surface area contributed by atoms with Crippen LogP contribution >= 0.6 is 11.8 Å². The third-order valence-electron chi connectivity index (χ3n) is 4.28. The molecule has 0 saturated heterocycles. The Kier molecular flexibility index (Phi) is 4.34. The van der Waals surface area contributed by atoms with Gasteiger partial charge in [-0.3, -0.25) is 4.79 Å². The molecule has 26 heavy (non-hydrogen) atoms. The number of nitrogens with zero attached hydrogens (tertiary/aromatic N) is 4. The van der Waals surface area contributed by atoms with Crippen LogP contribution in [0.25, 0.3) is 11.4 Å².